The van der Waals surface area contributed by atoms with Crippen LogP contribution in [0.4, 0.5) is 4.39 Å². The summed E-state index contributed by atoms with van der Waals surface area (Å²) in [5.41, 5.74) is 1.35. The Bertz CT molecular complexity index is 1080. The first kappa shape index (κ1) is 20.6. The van der Waals surface area contributed by atoms with E-state index in [-0.39, 0.29) is 24.9 Å². The van der Waals surface area contributed by atoms with Gasteiger partial charge in [-0.2, -0.15) is 5.26 Å². The van der Waals surface area contributed by atoms with E-state index >= 15 is 0 Å². The van der Waals surface area contributed by atoms with E-state index in [4.69, 9.17) is 23.9 Å². The van der Waals surface area contributed by atoms with Gasteiger partial charge in [0.2, 0.25) is 5.89 Å². The number of nitrogens with zero attached hydrogens (tertiary/aromatic N) is 2. The van der Waals surface area contributed by atoms with Gasteiger partial charge in [0.25, 0.3) is 0 Å². The van der Waals surface area contributed by atoms with Gasteiger partial charge in [-0.1, -0.05) is 6.07 Å². The summed E-state index contributed by atoms with van der Waals surface area (Å²) in [7, 11) is 1.48. The van der Waals surface area contributed by atoms with Crippen molar-refractivity contribution < 1.29 is 27.8 Å². The van der Waals surface area contributed by atoms with Crippen molar-refractivity contribution in [1.29, 1.82) is 5.26 Å². The number of ether oxygens (including phenoxy) is 3. The average molecular weight is 408 g/mol. The van der Waals surface area contributed by atoms with E-state index in [0.29, 0.717) is 28.4 Å². The third-order valence-electron chi connectivity index (χ3n) is 3.91. The molecule has 0 aliphatic rings. The van der Waals surface area contributed by atoms with E-state index in [1.807, 2.05) is 6.07 Å². The van der Waals surface area contributed by atoms with Crippen LogP contribution in [0.5, 0.6) is 11.5 Å². The molecule has 0 saturated heterocycles. The second-order valence-electron chi connectivity index (χ2n) is 5.92. The zero-order valence-corrected chi connectivity index (χ0v) is 16.0. The molecule has 3 aromatic rings. The highest BCUT2D eigenvalue weighted by atomic mass is 19.1. The fourth-order valence-corrected chi connectivity index (χ4v) is 2.49. The van der Waals surface area contributed by atoms with Gasteiger partial charge in [-0.25, -0.2) is 14.2 Å². The molecule has 3 rings (SSSR count). The van der Waals surface area contributed by atoms with Gasteiger partial charge in [0.15, 0.2) is 30.5 Å². The van der Waals surface area contributed by atoms with Crippen LogP contribution in [0, 0.1) is 17.1 Å². The molecule has 1 aromatic heterocycles. The van der Waals surface area contributed by atoms with Gasteiger partial charge in [-0.15, -0.1) is 0 Å². The number of esters is 1. The number of hydrogen-bond acceptors (Lipinski definition) is 7. The maximum atomic E-state index is 13.0. The van der Waals surface area contributed by atoms with E-state index in [0.717, 1.165) is 0 Å². The van der Waals surface area contributed by atoms with E-state index in [2.05, 4.69) is 4.98 Å². The molecule has 0 bridgehead atoms. The minimum absolute atomic E-state index is 0.0957. The largest absolute Gasteiger partial charge is 0.493 e. The molecular formula is C22H17FN2O5. The van der Waals surface area contributed by atoms with Crippen LogP contribution in [0.3, 0.4) is 0 Å². The van der Waals surface area contributed by atoms with Crippen molar-refractivity contribution >= 4 is 12.0 Å². The lowest BCUT2D eigenvalue weighted by atomic mass is 10.2. The lowest BCUT2D eigenvalue weighted by Gasteiger charge is -2.08. The summed E-state index contributed by atoms with van der Waals surface area (Å²) >= 11 is 0. The van der Waals surface area contributed by atoms with Crippen LogP contribution in [-0.4, -0.2) is 24.7 Å². The van der Waals surface area contributed by atoms with E-state index < -0.39 is 5.97 Å². The number of benzene rings is 2. The van der Waals surface area contributed by atoms with Crippen LogP contribution >= 0.6 is 0 Å². The molecule has 8 heteroatoms. The zero-order chi connectivity index (χ0) is 21.3. The Hall–Kier alpha value is -4.12. The molecular weight excluding hydrogens is 391 g/mol. The number of carbonyl (C=O) groups is 1. The quantitative estimate of drug-likeness (QED) is 0.408. The van der Waals surface area contributed by atoms with Crippen molar-refractivity contribution in [2.45, 2.75) is 6.61 Å². The van der Waals surface area contributed by atoms with Gasteiger partial charge in [-0.3, -0.25) is 0 Å². The number of hydrogen-bond donors (Lipinski definition) is 0. The molecule has 1 heterocycles. The number of carbonyl (C=O) groups excluding carboxylic acids is 1. The molecule has 0 aliphatic carbocycles. The van der Waals surface area contributed by atoms with Crippen LogP contribution in [0.1, 0.15) is 11.5 Å². The molecule has 2 aromatic carbocycles. The highest BCUT2D eigenvalue weighted by Crippen LogP contribution is 2.28. The topological polar surface area (TPSA) is 94.6 Å². The van der Waals surface area contributed by atoms with Gasteiger partial charge in [-0.05, 0) is 48.0 Å². The molecule has 0 aliphatic heterocycles. The number of oxazole rings is 1. The summed E-state index contributed by atoms with van der Waals surface area (Å²) in [6, 6.07) is 12.7. The van der Waals surface area contributed by atoms with E-state index in [1.165, 1.54) is 31.5 Å². The minimum Gasteiger partial charge on any atom is -0.493 e. The van der Waals surface area contributed by atoms with Crippen molar-refractivity contribution in [1.82, 2.24) is 4.98 Å². The Morgan fingerprint density at radius 1 is 1.23 bits per heavy atom. The summed E-state index contributed by atoms with van der Waals surface area (Å²) < 4.78 is 34.1. The van der Waals surface area contributed by atoms with Crippen molar-refractivity contribution in [3.8, 4) is 28.9 Å². The van der Waals surface area contributed by atoms with Crippen LogP contribution < -0.4 is 9.47 Å². The van der Waals surface area contributed by atoms with Crippen molar-refractivity contribution in [2.75, 3.05) is 13.7 Å². The normalized spacial score (nSPS) is 10.6. The molecule has 152 valence electrons. The van der Waals surface area contributed by atoms with Gasteiger partial charge < -0.3 is 18.6 Å². The summed E-state index contributed by atoms with van der Waals surface area (Å²) in [6.45, 7) is -0.240. The number of aromatic nitrogens is 1. The van der Waals surface area contributed by atoms with Gasteiger partial charge >= 0.3 is 5.97 Å². The number of nitriles is 1. The summed E-state index contributed by atoms with van der Waals surface area (Å²) in [4.78, 5) is 16.0. The first-order chi connectivity index (χ1) is 14.6. The van der Waals surface area contributed by atoms with E-state index in [1.54, 1.807) is 36.4 Å². The molecule has 30 heavy (non-hydrogen) atoms. The Kier molecular flexibility index (Phi) is 6.79. The molecule has 0 saturated carbocycles. The molecule has 0 atom stereocenters. The van der Waals surface area contributed by atoms with Gasteiger partial charge in [0.1, 0.15) is 11.9 Å². The Balaban J connectivity index is 1.56. The lowest BCUT2D eigenvalue weighted by Crippen LogP contribution is -2.01. The van der Waals surface area contributed by atoms with Crippen molar-refractivity contribution in [2.24, 2.45) is 0 Å². The van der Waals surface area contributed by atoms with Gasteiger partial charge in [0.05, 0.1) is 13.3 Å². The highest BCUT2D eigenvalue weighted by Gasteiger charge is 2.09. The van der Waals surface area contributed by atoms with Crippen LogP contribution in [0.15, 0.2) is 59.2 Å². The van der Waals surface area contributed by atoms with E-state index in [9.17, 15) is 9.18 Å². The van der Waals surface area contributed by atoms with Crippen molar-refractivity contribution in [3.05, 3.63) is 72.0 Å². The lowest BCUT2D eigenvalue weighted by molar-refractivity contribution is -0.139. The molecule has 0 fully saturated rings. The Morgan fingerprint density at radius 2 is 2.03 bits per heavy atom. The fraction of sp³-hybridized carbons (Fsp3) is 0.136. The van der Waals surface area contributed by atoms with Crippen LogP contribution in [-0.2, 0) is 16.1 Å². The molecule has 0 amide bonds. The highest BCUT2D eigenvalue weighted by molar-refractivity contribution is 5.87. The first-order valence-corrected chi connectivity index (χ1v) is 8.82. The Labute approximate surface area is 171 Å². The van der Waals surface area contributed by atoms with Crippen molar-refractivity contribution in [3.63, 3.8) is 0 Å². The first-order valence-electron chi connectivity index (χ1n) is 8.82. The van der Waals surface area contributed by atoms with Gasteiger partial charge in [0, 0.05) is 11.6 Å². The number of rotatable bonds is 8. The molecule has 7 nitrogen and oxygen atoms in total. The maximum absolute atomic E-state index is 13.0. The minimum atomic E-state index is -0.583. The smallest absolute Gasteiger partial charge is 0.331 e. The zero-order valence-electron chi connectivity index (χ0n) is 16.0. The number of methoxy groups -OCH3 is 1. The summed E-state index contributed by atoms with van der Waals surface area (Å²) in [6.07, 6.45) is 4.29. The van der Waals surface area contributed by atoms with Crippen LogP contribution in [0.2, 0.25) is 0 Å². The molecule has 0 radical (unpaired) electrons. The third kappa shape index (κ3) is 5.45. The fourth-order valence-electron chi connectivity index (χ4n) is 2.49. The van der Waals surface area contributed by atoms with Crippen LogP contribution in [0.25, 0.3) is 17.4 Å². The standard InChI is InChI=1S/C22H17FN2O5/c1-27-19-12-15(2-8-18(19)28-11-10-24)3-9-22(26)29-14-21-25-13-20(30-21)16-4-6-17(23)7-5-16/h2-9,12-13H,11,14H2,1H3. The Morgan fingerprint density at radius 3 is 2.77 bits per heavy atom. The molecule has 0 unspecified atom stereocenters. The number of halogens is 1. The maximum Gasteiger partial charge on any atom is 0.331 e. The summed E-state index contributed by atoms with van der Waals surface area (Å²) in [5, 5.41) is 8.59. The molecule has 0 spiro atoms. The predicted octanol–water partition coefficient (Wildman–Crippen LogP) is 4.15. The monoisotopic (exact) mass is 408 g/mol. The third-order valence-corrected chi connectivity index (χ3v) is 3.91. The predicted molar refractivity (Wildman–Crippen MR) is 105 cm³/mol. The average Bonchev–Trinajstić information content (AvgIpc) is 3.24. The SMILES string of the molecule is COc1cc(C=CC(=O)OCc2ncc(-c3ccc(F)cc3)o2)ccc1OCC#N. The second kappa shape index (κ2) is 9.89. The molecule has 0 N–H and O–H groups in total. The second-order valence-corrected chi connectivity index (χ2v) is 5.92. The summed E-state index contributed by atoms with van der Waals surface area (Å²) in [5.74, 6) is 0.606.